The maximum absolute atomic E-state index is 13.4. The molecule has 0 spiro atoms. The minimum atomic E-state index is -0.763. The van der Waals surface area contributed by atoms with E-state index < -0.39 is 18.0 Å². The van der Waals surface area contributed by atoms with Crippen molar-refractivity contribution in [2.45, 2.75) is 45.6 Å². The van der Waals surface area contributed by atoms with Crippen LogP contribution in [0.3, 0.4) is 0 Å². The van der Waals surface area contributed by atoms with Gasteiger partial charge in [-0.05, 0) is 44.0 Å². The Balaban J connectivity index is 1.75. The molecule has 182 valence electrons. The number of fused-ring (bicyclic) bond motifs is 1. The van der Waals surface area contributed by atoms with E-state index in [1.54, 1.807) is 25.1 Å². The molecule has 2 aromatic carbocycles. The summed E-state index contributed by atoms with van der Waals surface area (Å²) in [5, 5.41) is 0.196. The Morgan fingerprint density at radius 1 is 1.11 bits per heavy atom. The van der Waals surface area contributed by atoms with Crippen molar-refractivity contribution >= 4 is 34.8 Å². The molecule has 2 heterocycles. The maximum Gasteiger partial charge on any atom is 0.338 e. The van der Waals surface area contributed by atoms with Gasteiger partial charge in [0.15, 0.2) is 16.7 Å². The van der Waals surface area contributed by atoms with E-state index in [4.69, 9.17) is 14.2 Å². The first-order chi connectivity index (χ1) is 16.8. The van der Waals surface area contributed by atoms with Gasteiger partial charge in [-0.15, -0.1) is 0 Å². The fourth-order valence-corrected chi connectivity index (χ4v) is 5.01. The topological polar surface area (TPSA) is 94.5 Å². The second-order valence-electron chi connectivity index (χ2n) is 8.06. The second kappa shape index (κ2) is 10.4. The number of carbonyl (C=O) groups excluding carboxylic acids is 3. The van der Waals surface area contributed by atoms with Crippen molar-refractivity contribution in [2.24, 2.45) is 4.99 Å². The number of thioether (sulfide) groups is 1. The standard InChI is InChI=1S/C26H26N2O6S/c1-5-32-21-13-19(11-12-20(21)34-17(4)29)23-22(25(31)33-14-18-9-7-6-8-10-18)15(2)27-26-28(23)24(30)16(3)35-26/h6-13,16,23H,5,14H2,1-4H3/t16-,23-/m0/s1. The number of benzene rings is 2. The Labute approximate surface area is 207 Å². The molecule has 0 aliphatic carbocycles. The minimum Gasteiger partial charge on any atom is -0.490 e. The largest absolute Gasteiger partial charge is 0.490 e. The number of amidine groups is 1. The summed E-state index contributed by atoms with van der Waals surface area (Å²) >= 11 is 1.35. The van der Waals surface area contributed by atoms with Crippen LogP contribution in [0.2, 0.25) is 0 Å². The molecule has 1 amide bonds. The van der Waals surface area contributed by atoms with Gasteiger partial charge in [0.05, 0.1) is 29.2 Å². The highest BCUT2D eigenvalue weighted by atomic mass is 32.2. The third-order valence-corrected chi connectivity index (χ3v) is 6.58. The summed E-state index contributed by atoms with van der Waals surface area (Å²) in [4.78, 5) is 44.2. The first-order valence-electron chi connectivity index (χ1n) is 11.3. The van der Waals surface area contributed by atoms with Gasteiger partial charge in [-0.2, -0.15) is 0 Å². The van der Waals surface area contributed by atoms with Gasteiger partial charge in [-0.1, -0.05) is 48.2 Å². The summed E-state index contributed by atoms with van der Waals surface area (Å²) in [6.45, 7) is 7.10. The monoisotopic (exact) mass is 494 g/mol. The molecule has 0 unspecified atom stereocenters. The average molecular weight is 495 g/mol. The maximum atomic E-state index is 13.4. The van der Waals surface area contributed by atoms with E-state index in [0.29, 0.717) is 28.8 Å². The van der Waals surface area contributed by atoms with E-state index in [2.05, 4.69) is 4.99 Å². The minimum absolute atomic E-state index is 0.0917. The first kappa shape index (κ1) is 24.5. The van der Waals surface area contributed by atoms with Gasteiger partial charge in [-0.3, -0.25) is 14.5 Å². The van der Waals surface area contributed by atoms with Gasteiger partial charge in [0, 0.05) is 6.92 Å². The third kappa shape index (κ3) is 5.09. The molecule has 2 atom stereocenters. The summed E-state index contributed by atoms with van der Waals surface area (Å²) in [7, 11) is 0. The molecule has 8 nitrogen and oxygen atoms in total. The summed E-state index contributed by atoms with van der Waals surface area (Å²) < 4.78 is 16.6. The lowest BCUT2D eigenvalue weighted by Crippen LogP contribution is -2.40. The number of hydrogen-bond donors (Lipinski definition) is 0. The fourth-order valence-electron chi connectivity index (χ4n) is 3.98. The van der Waals surface area contributed by atoms with E-state index in [9.17, 15) is 14.4 Å². The first-order valence-corrected chi connectivity index (χ1v) is 12.1. The molecule has 2 aliphatic heterocycles. The van der Waals surface area contributed by atoms with Gasteiger partial charge in [0.2, 0.25) is 5.91 Å². The number of hydrogen-bond acceptors (Lipinski definition) is 8. The highest BCUT2D eigenvalue weighted by molar-refractivity contribution is 8.15. The predicted octanol–water partition coefficient (Wildman–Crippen LogP) is 4.40. The van der Waals surface area contributed by atoms with E-state index in [0.717, 1.165) is 5.56 Å². The Hall–Kier alpha value is -3.59. The van der Waals surface area contributed by atoms with Crippen LogP contribution < -0.4 is 9.47 Å². The molecule has 4 rings (SSSR count). The normalized spacial score (nSPS) is 19.3. The van der Waals surface area contributed by atoms with E-state index in [1.807, 2.05) is 44.2 Å². The molecule has 9 heteroatoms. The number of amides is 1. The molecule has 0 radical (unpaired) electrons. The summed E-state index contributed by atoms with van der Waals surface area (Å²) in [6.07, 6.45) is 0. The Bertz CT molecular complexity index is 1220. The number of nitrogens with zero attached hydrogens (tertiary/aromatic N) is 2. The SMILES string of the molecule is CCOc1cc([C@H]2C(C(=O)OCc3ccccc3)=C(C)N=C3S[C@@H](C)C(=O)N32)ccc1OC(C)=O. The van der Waals surface area contributed by atoms with Crippen LogP contribution in [-0.4, -0.2) is 39.8 Å². The van der Waals surface area contributed by atoms with Gasteiger partial charge in [0.1, 0.15) is 6.61 Å². The second-order valence-corrected chi connectivity index (χ2v) is 9.37. The Morgan fingerprint density at radius 3 is 2.54 bits per heavy atom. The Morgan fingerprint density at radius 2 is 1.86 bits per heavy atom. The summed E-state index contributed by atoms with van der Waals surface area (Å²) in [5.41, 5.74) is 2.22. The molecule has 0 N–H and O–H groups in total. The highest BCUT2D eigenvalue weighted by Gasteiger charge is 2.46. The van der Waals surface area contributed by atoms with Crippen molar-refractivity contribution in [3.8, 4) is 11.5 Å². The van der Waals surface area contributed by atoms with E-state index in [-0.39, 0.29) is 29.1 Å². The van der Waals surface area contributed by atoms with Crippen LogP contribution in [-0.2, 0) is 25.7 Å². The molecule has 2 aliphatic rings. The van der Waals surface area contributed by atoms with Crippen molar-refractivity contribution in [1.82, 2.24) is 4.90 Å². The van der Waals surface area contributed by atoms with Crippen LogP contribution in [0.25, 0.3) is 0 Å². The molecule has 0 saturated carbocycles. The van der Waals surface area contributed by atoms with Gasteiger partial charge in [-0.25, -0.2) is 9.79 Å². The van der Waals surface area contributed by atoms with Crippen LogP contribution in [0.15, 0.2) is 64.8 Å². The van der Waals surface area contributed by atoms with Crippen LogP contribution in [0.5, 0.6) is 11.5 Å². The zero-order chi connectivity index (χ0) is 25.1. The van der Waals surface area contributed by atoms with Crippen LogP contribution in [0, 0.1) is 0 Å². The predicted molar refractivity (Wildman–Crippen MR) is 132 cm³/mol. The van der Waals surface area contributed by atoms with Crippen LogP contribution in [0.4, 0.5) is 0 Å². The van der Waals surface area contributed by atoms with Crippen molar-refractivity contribution < 1.29 is 28.6 Å². The molecule has 2 aromatic rings. The quantitative estimate of drug-likeness (QED) is 0.416. The van der Waals surface area contributed by atoms with E-state index in [1.165, 1.54) is 23.6 Å². The zero-order valence-corrected chi connectivity index (χ0v) is 20.8. The Kier molecular flexibility index (Phi) is 7.25. The molecule has 0 bridgehead atoms. The fraction of sp³-hybridized carbons (Fsp3) is 0.308. The number of carbonyl (C=O) groups is 3. The van der Waals surface area contributed by atoms with Crippen molar-refractivity contribution in [3.63, 3.8) is 0 Å². The van der Waals surface area contributed by atoms with Crippen LogP contribution in [0.1, 0.15) is 44.9 Å². The van der Waals surface area contributed by atoms with Gasteiger partial charge in [0.25, 0.3) is 0 Å². The highest BCUT2D eigenvalue weighted by Crippen LogP contribution is 2.45. The smallest absolute Gasteiger partial charge is 0.338 e. The van der Waals surface area contributed by atoms with Crippen molar-refractivity contribution in [3.05, 3.63) is 70.9 Å². The summed E-state index contributed by atoms with van der Waals surface area (Å²) in [6, 6.07) is 13.6. The lowest BCUT2D eigenvalue weighted by Gasteiger charge is -2.33. The number of allylic oxidation sites excluding steroid dienone is 1. The lowest BCUT2D eigenvalue weighted by molar-refractivity contribution is -0.141. The van der Waals surface area contributed by atoms with Crippen LogP contribution >= 0.6 is 11.8 Å². The third-order valence-electron chi connectivity index (χ3n) is 5.53. The molecule has 0 aromatic heterocycles. The molecular weight excluding hydrogens is 468 g/mol. The average Bonchev–Trinajstić information content (AvgIpc) is 3.11. The lowest BCUT2D eigenvalue weighted by atomic mass is 9.94. The number of aliphatic imine (C=N–C) groups is 1. The zero-order valence-electron chi connectivity index (χ0n) is 19.9. The van der Waals surface area contributed by atoms with Gasteiger partial charge < -0.3 is 14.2 Å². The van der Waals surface area contributed by atoms with Crippen molar-refractivity contribution in [1.29, 1.82) is 0 Å². The number of esters is 2. The molecule has 1 saturated heterocycles. The molecule has 1 fully saturated rings. The van der Waals surface area contributed by atoms with Crippen molar-refractivity contribution in [2.75, 3.05) is 6.61 Å². The molecular formula is C26H26N2O6S. The number of rotatable bonds is 7. The number of ether oxygens (including phenoxy) is 3. The summed E-state index contributed by atoms with van der Waals surface area (Å²) in [5.74, 6) is -0.588. The van der Waals surface area contributed by atoms with Gasteiger partial charge >= 0.3 is 11.9 Å². The van der Waals surface area contributed by atoms with E-state index >= 15 is 0 Å². The molecule has 35 heavy (non-hydrogen) atoms.